The van der Waals surface area contributed by atoms with Crippen LogP contribution in [-0.4, -0.2) is 17.3 Å². The van der Waals surface area contributed by atoms with Gasteiger partial charge in [0.1, 0.15) is 0 Å². The fraction of sp³-hybridized carbons (Fsp3) is 0.556. The number of hydrogen-bond donors (Lipinski definition) is 1. The van der Waals surface area contributed by atoms with E-state index in [2.05, 4.69) is 4.99 Å². The summed E-state index contributed by atoms with van der Waals surface area (Å²) in [6, 6.07) is 0. The van der Waals surface area contributed by atoms with Gasteiger partial charge in [0.15, 0.2) is 0 Å². The molecule has 0 heterocycles. The Balaban J connectivity index is 4.13. The monoisotopic (exact) mass is 169 g/mol. The fourth-order valence-electron chi connectivity index (χ4n) is 0.812. The van der Waals surface area contributed by atoms with E-state index in [0.717, 1.165) is 5.70 Å². The smallest absolute Gasteiger partial charge is 0.306 e. The maximum absolute atomic E-state index is 10.5. The highest BCUT2D eigenvalue weighted by Crippen LogP contribution is 2.12. The molecule has 0 saturated heterocycles. The molecule has 0 aromatic heterocycles. The predicted molar refractivity (Wildman–Crippen MR) is 49.3 cm³/mol. The van der Waals surface area contributed by atoms with E-state index in [0.29, 0.717) is 6.42 Å². The van der Waals surface area contributed by atoms with Gasteiger partial charge in [-0.1, -0.05) is 13.0 Å². The van der Waals surface area contributed by atoms with Gasteiger partial charge in [0, 0.05) is 18.3 Å². The fourth-order valence-corrected chi connectivity index (χ4v) is 0.812. The van der Waals surface area contributed by atoms with Crippen molar-refractivity contribution >= 4 is 12.2 Å². The second kappa shape index (κ2) is 5.52. The van der Waals surface area contributed by atoms with Gasteiger partial charge in [-0.25, -0.2) is 0 Å². The van der Waals surface area contributed by atoms with Crippen LogP contribution in [-0.2, 0) is 4.79 Å². The molecule has 0 aliphatic rings. The standard InChI is InChI=1S/C9H15NO2/c1-4-8(10-5-2)6-7(3)9(11)12/h4-5,7H,6H2,1-3H3,(H,11,12)/b8-4-,10-5?. The lowest BCUT2D eigenvalue weighted by atomic mass is 10.1. The number of carboxylic acids is 1. The summed E-state index contributed by atoms with van der Waals surface area (Å²) in [5, 5.41) is 8.62. The molecule has 0 bridgehead atoms. The van der Waals surface area contributed by atoms with Crippen molar-refractivity contribution in [1.29, 1.82) is 0 Å². The molecule has 68 valence electrons. The zero-order valence-corrected chi connectivity index (χ0v) is 7.74. The van der Waals surface area contributed by atoms with Crippen LogP contribution in [0.3, 0.4) is 0 Å². The lowest BCUT2D eigenvalue weighted by Crippen LogP contribution is -2.09. The summed E-state index contributed by atoms with van der Waals surface area (Å²) >= 11 is 0. The van der Waals surface area contributed by atoms with Crippen molar-refractivity contribution in [3.05, 3.63) is 11.8 Å². The first-order chi connectivity index (χ1) is 5.61. The molecule has 0 aliphatic heterocycles. The van der Waals surface area contributed by atoms with Crippen LogP contribution < -0.4 is 0 Å². The van der Waals surface area contributed by atoms with Gasteiger partial charge in [-0.3, -0.25) is 9.79 Å². The third-order valence-corrected chi connectivity index (χ3v) is 1.57. The Hall–Kier alpha value is -1.12. The van der Waals surface area contributed by atoms with Crippen molar-refractivity contribution in [1.82, 2.24) is 0 Å². The SMILES string of the molecule is CC=N/C(=C\C)CC(C)C(=O)O. The average Bonchev–Trinajstić information content (AvgIpc) is 2.03. The van der Waals surface area contributed by atoms with Gasteiger partial charge in [-0.05, 0) is 13.8 Å². The van der Waals surface area contributed by atoms with E-state index in [4.69, 9.17) is 5.11 Å². The van der Waals surface area contributed by atoms with E-state index in [1.54, 1.807) is 13.1 Å². The van der Waals surface area contributed by atoms with Gasteiger partial charge >= 0.3 is 5.97 Å². The number of nitrogens with zero attached hydrogens (tertiary/aromatic N) is 1. The molecule has 3 nitrogen and oxygen atoms in total. The number of carboxylic acid groups (broad SMARTS) is 1. The first-order valence-electron chi connectivity index (χ1n) is 3.98. The largest absolute Gasteiger partial charge is 0.481 e. The maximum Gasteiger partial charge on any atom is 0.306 e. The Morgan fingerprint density at radius 3 is 2.50 bits per heavy atom. The van der Waals surface area contributed by atoms with Crippen molar-refractivity contribution in [2.45, 2.75) is 27.2 Å². The minimum absolute atomic E-state index is 0.361. The zero-order chi connectivity index (χ0) is 9.56. The second-order valence-corrected chi connectivity index (χ2v) is 2.61. The molecule has 0 fully saturated rings. The predicted octanol–water partition coefficient (Wildman–Crippen LogP) is 2.09. The average molecular weight is 169 g/mol. The molecule has 0 aromatic rings. The normalized spacial score (nSPS) is 15.1. The quantitative estimate of drug-likeness (QED) is 0.655. The molecule has 0 aromatic carbocycles. The third kappa shape index (κ3) is 3.91. The molecule has 12 heavy (non-hydrogen) atoms. The first kappa shape index (κ1) is 10.9. The highest BCUT2D eigenvalue weighted by atomic mass is 16.4. The van der Waals surface area contributed by atoms with Crippen molar-refractivity contribution in [3.8, 4) is 0 Å². The van der Waals surface area contributed by atoms with Gasteiger partial charge in [-0.2, -0.15) is 0 Å². The zero-order valence-electron chi connectivity index (χ0n) is 7.74. The first-order valence-corrected chi connectivity index (χ1v) is 3.98. The van der Waals surface area contributed by atoms with E-state index in [-0.39, 0.29) is 5.92 Å². The van der Waals surface area contributed by atoms with Crippen LogP contribution in [0.4, 0.5) is 0 Å². The van der Waals surface area contributed by atoms with Crippen LogP contribution in [0.15, 0.2) is 16.8 Å². The molecule has 0 radical (unpaired) electrons. The Morgan fingerprint density at radius 2 is 2.17 bits per heavy atom. The summed E-state index contributed by atoms with van der Waals surface area (Å²) in [7, 11) is 0. The van der Waals surface area contributed by atoms with E-state index < -0.39 is 5.97 Å². The van der Waals surface area contributed by atoms with Crippen molar-refractivity contribution in [3.63, 3.8) is 0 Å². The van der Waals surface area contributed by atoms with Crippen LogP contribution in [0.1, 0.15) is 27.2 Å². The van der Waals surface area contributed by atoms with E-state index in [1.807, 2.05) is 19.9 Å². The van der Waals surface area contributed by atoms with Gasteiger partial charge in [0.2, 0.25) is 0 Å². The summed E-state index contributed by atoms with van der Waals surface area (Å²) in [6.07, 6.45) is 4.00. The summed E-state index contributed by atoms with van der Waals surface area (Å²) in [5.41, 5.74) is 0.826. The molecule has 0 saturated carbocycles. The minimum atomic E-state index is -0.777. The molecule has 3 heteroatoms. The van der Waals surface area contributed by atoms with Crippen molar-refractivity contribution < 1.29 is 9.90 Å². The summed E-state index contributed by atoms with van der Waals surface area (Å²) in [6.45, 7) is 5.35. The van der Waals surface area contributed by atoms with Crippen molar-refractivity contribution in [2.75, 3.05) is 0 Å². The Kier molecular flexibility index (Phi) is 5.00. The number of aliphatic carboxylic acids is 1. The van der Waals surface area contributed by atoms with Gasteiger partial charge in [-0.15, -0.1) is 0 Å². The van der Waals surface area contributed by atoms with Gasteiger partial charge in [0.25, 0.3) is 0 Å². The van der Waals surface area contributed by atoms with E-state index in [9.17, 15) is 4.79 Å². The molecule has 0 spiro atoms. The van der Waals surface area contributed by atoms with Gasteiger partial charge < -0.3 is 5.11 Å². The lowest BCUT2D eigenvalue weighted by molar-refractivity contribution is -0.141. The van der Waals surface area contributed by atoms with Crippen molar-refractivity contribution in [2.24, 2.45) is 10.9 Å². The van der Waals surface area contributed by atoms with Crippen LogP contribution in [0, 0.1) is 5.92 Å². The summed E-state index contributed by atoms with van der Waals surface area (Å²) in [4.78, 5) is 14.5. The third-order valence-electron chi connectivity index (χ3n) is 1.57. The van der Waals surface area contributed by atoms with E-state index in [1.165, 1.54) is 0 Å². The topological polar surface area (TPSA) is 49.7 Å². The highest BCUT2D eigenvalue weighted by Gasteiger charge is 2.11. The van der Waals surface area contributed by atoms with Gasteiger partial charge in [0.05, 0.1) is 5.92 Å². The number of carbonyl (C=O) groups is 1. The number of rotatable bonds is 4. The molecule has 0 aliphatic carbocycles. The molecule has 1 atom stereocenters. The summed E-state index contributed by atoms with van der Waals surface area (Å²) in [5.74, 6) is -1.14. The second-order valence-electron chi connectivity index (χ2n) is 2.61. The van der Waals surface area contributed by atoms with E-state index >= 15 is 0 Å². The minimum Gasteiger partial charge on any atom is -0.481 e. The molecule has 0 amide bonds. The molecular weight excluding hydrogens is 154 g/mol. The lowest BCUT2D eigenvalue weighted by Gasteiger charge is -2.04. The van der Waals surface area contributed by atoms with Crippen LogP contribution in [0.25, 0.3) is 0 Å². The number of allylic oxidation sites excluding steroid dienone is 2. The Bertz CT molecular complexity index is 207. The van der Waals surface area contributed by atoms with Crippen LogP contribution in [0.2, 0.25) is 0 Å². The number of hydrogen-bond acceptors (Lipinski definition) is 2. The maximum atomic E-state index is 10.5. The van der Waals surface area contributed by atoms with Crippen LogP contribution in [0.5, 0.6) is 0 Å². The number of aliphatic imine (C=N–C) groups is 1. The summed E-state index contributed by atoms with van der Waals surface area (Å²) < 4.78 is 0. The molecule has 1 N–H and O–H groups in total. The van der Waals surface area contributed by atoms with Crippen LogP contribution >= 0.6 is 0 Å². The molecular formula is C9H15NO2. The molecule has 0 rings (SSSR count). The molecule has 1 unspecified atom stereocenters. The Morgan fingerprint density at radius 1 is 1.58 bits per heavy atom. The Labute approximate surface area is 72.8 Å². The highest BCUT2D eigenvalue weighted by molar-refractivity contribution is 5.70.